The highest BCUT2D eigenvalue weighted by Crippen LogP contribution is 2.31. The Bertz CT molecular complexity index is 619. The Balaban J connectivity index is 2.49. The van der Waals surface area contributed by atoms with E-state index in [-0.39, 0.29) is 5.82 Å². The standard InChI is InChI=1S/C16H17BrFNO/c1-9-7-11(8-10(2)16(9)20-3)15(19)12-5-4-6-13(17)14(12)18/h4-8,15H,19H2,1-3H3. The lowest BCUT2D eigenvalue weighted by Crippen LogP contribution is -2.14. The number of ether oxygens (including phenoxy) is 1. The average molecular weight is 338 g/mol. The Hall–Kier alpha value is -1.39. The normalized spacial score (nSPS) is 12.3. The number of nitrogens with two attached hydrogens (primary N) is 1. The fraction of sp³-hybridized carbons (Fsp3) is 0.250. The molecule has 2 aromatic carbocycles. The smallest absolute Gasteiger partial charge is 0.142 e. The van der Waals surface area contributed by atoms with Crippen LogP contribution in [-0.4, -0.2) is 7.11 Å². The SMILES string of the molecule is COc1c(C)cc(C(N)c2cccc(Br)c2F)cc1C. The second kappa shape index (κ2) is 5.94. The maximum absolute atomic E-state index is 14.1. The lowest BCUT2D eigenvalue weighted by molar-refractivity contribution is 0.408. The van der Waals surface area contributed by atoms with Gasteiger partial charge in [-0.3, -0.25) is 0 Å². The zero-order valence-corrected chi connectivity index (χ0v) is 13.3. The molecule has 2 rings (SSSR count). The first-order valence-electron chi connectivity index (χ1n) is 6.30. The molecule has 0 aliphatic carbocycles. The number of benzene rings is 2. The number of methoxy groups -OCH3 is 1. The van der Waals surface area contributed by atoms with Gasteiger partial charge in [-0.15, -0.1) is 0 Å². The fourth-order valence-electron chi connectivity index (χ4n) is 2.43. The van der Waals surface area contributed by atoms with Crippen LogP contribution in [0.1, 0.15) is 28.3 Å². The molecular formula is C16H17BrFNO. The third-order valence-electron chi connectivity index (χ3n) is 3.36. The van der Waals surface area contributed by atoms with Crippen LogP contribution in [0.15, 0.2) is 34.8 Å². The highest BCUT2D eigenvalue weighted by molar-refractivity contribution is 9.10. The van der Waals surface area contributed by atoms with Gasteiger partial charge in [0, 0.05) is 5.56 Å². The summed E-state index contributed by atoms with van der Waals surface area (Å²) in [6.45, 7) is 3.92. The van der Waals surface area contributed by atoms with Crippen molar-refractivity contribution in [2.75, 3.05) is 7.11 Å². The second-order valence-corrected chi connectivity index (χ2v) is 5.66. The van der Waals surface area contributed by atoms with Gasteiger partial charge in [0.1, 0.15) is 11.6 Å². The van der Waals surface area contributed by atoms with Gasteiger partial charge < -0.3 is 10.5 Å². The fourth-order valence-corrected chi connectivity index (χ4v) is 2.81. The molecule has 0 saturated carbocycles. The van der Waals surface area contributed by atoms with Crippen LogP contribution >= 0.6 is 15.9 Å². The number of hydrogen-bond donors (Lipinski definition) is 1. The summed E-state index contributed by atoms with van der Waals surface area (Å²) >= 11 is 3.19. The summed E-state index contributed by atoms with van der Waals surface area (Å²) in [7, 11) is 1.64. The third-order valence-corrected chi connectivity index (χ3v) is 3.97. The molecule has 0 amide bonds. The van der Waals surface area contributed by atoms with Crippen molar-refractivity contribution >= 4 is 15.9 Å². The molecule has 0 heterocycles. The van der Waals surface area contributed by atoms with Crippen LogP contribution < -0.4 is 10.5 Å². The average Bonchev–Trinajstić information content (AvgIpc) is 2.41. The van der Waals surface area contributed by atoms with Gasteiger partial charge in [0.05, 0.1) is 17.6 Å². The zero-order chi connectivity index (χ0) is 14.9. The summed E-state index contributed by atoms with van der Waals surface area (Å²) in [5.74, 6) is 0.529. The minimum Gasteiger partial charge on any atom is -0.496 e. The summed E-state index contributed by atoms with van der Waals surface area (Å²) in [6.07, 6.45) is 0. The Morgan fingerprint density at radius 3 is 2.35 bits per heavy atom. The quantitative estimate of drug-likeness (QED) is 0.907. The van der Waals surface area contributed by atoms with E-state index in [1.165, 1.54) is 0 Å². The maximum Gasteiger partial charge on any atom is 0.142 e. The van der Waals surface area contributed by atoms with Crippen molar-refractivity contribution in [1.29, 1.82) is 0 Å². The van der Waals surface area contributed by atoms with Crippen LogP contribution in [0, 0.1) is 19.7 Å². The van der Waals surface area contributed by atoms with E-state index in [1.54, 1.807) is 25.3 Å². The molecule has 0 aromatic heterocycles. The molecule has 106 valence electrons. The summed E-state index contributed by atoms with van der Waals surface area (Å²) < 4.78 is 19.9. The van der Waals surface area contributed by atoms with E-state index in [1.807, 2.05) is 26.0 Å². The van der Waals surface area contributed by atoms with E-state index in [9.17, 15) is 4.39 Å². The summed E-state index contributed by atoms with van der Waals surface area (Å²) in [4.78, 5) is 0. The highest BCUT2D eigenvalue weighted by atomic mass is 79.9. The van der Waals surface area contributed by atoms with Crippen molar-refractivity contribution in [2.45, 2.75) is 19.9 Å². The van der Waals surface area contributed by atoms with Crippen molar-refractivity contribution in [3.05, 3.63) is 62.9 Å². The monoisotopic (exact) mass is 337 g/mol. The molecule has 0 aliphatic heterocycles. The minimum atomic E-state index is -0.504. The van der Waals surface area contributed by atoms with Crippen LogP contribution in [0.2, 0.25) is 0 Å². The van der Waals surface area contributed by atoms with Crippen LogP contribution in [0.25, 0.3) is 0 Å². The van der Waals surface area contributed by atoms with Crippen molar-refractivity contribution < 1.29 is 9.13 Å². The molecule has 0 spiro atoms. The van der Waals surface area contributed by atoms with E-state index in [2.05, 4.69) is 15.9 Å². The van der Waals surface area contributed by atoms with E-state index in [0.717, 1.165) is 22.4 Å². The lowest BCUT2D eigenvalue weighted by atomic mass is 9.95. The van der Waals surface area contributed by atoms with Crippen LogP contribution in [-0.2, 0) is 0 Å². The van der Waals surface area contributed by atoms with Crippen LogP contribution in [0.4, 0.5) is 4.39 Å². The van der Waals surface area contributed by atoms with Gasteiger partial charge in [-0.05, 0) is 52.5 Å². The topological polar surface area (TPSA) is 35.2 Å². The Morgan fingerprint density at radius 1 is 1.20 bits per heavy atom. The van der Waals surface area contributed by atoms with Gasteiger partial charge in [-0.25, -0.2) is 4.39 Å². The molecule has 2 nitrogen and oxygen atoms in total. The van der Waals surface area contributed by atoms with Crippen molar-refractivity contribution in [3.63, 3.8) is 0 Å². The van der Waals surface area contributed by atoms with E-state index >= 15 is 0 Å². The summed E-state index contributed by atoms with van der Waals surface area (Å²) in [5, 5.41) is 0. The number of aryl methyl sites for hydroxylation is 2. The maximum atomic E-state index is 14.1. The Morgan fingerprint density at radius 2 is 1.80 bits per heavy atom. The van der Waals surface area contributed by atoms with E-state index in [0.29, 0.717) is 10.0 Å². The number of halogens is 2. The molecule has 2 N–H and O–H groups in total. The molecule has 1 atom stereocenters. The zero-order valence-electron chi connectivity index (χ0n) is 11.7. The largest absolute Gasteiger partial charge is 0.496 e. The molecule has 0 bridgehead atoms. The predicted molar refractivity (Wildman–Crippen MR) is 82.6 cm³/mol. The van der Waals surface area contributed by atoms with Crippen molar-refractivity contribution in [3.8, 4) is 5.75 Å². The first-order valence-corrected chi connectivity index (χ1v) is 7.09. The van der Waals surface area contributed by atoms with E-state index < -0.39 is 6.04 Å². The van der Waals surface area contributed by atoms with Crippen molar-refractivity contribution in [1.82, 2.24) is 0 Å². The van der Waals surface area contributed by atoms with Crippen molar-refractivity contribution in [2.24, 2.45) is 5.73 Å². The van der Waals surface area contributed by atoms with E-state index in [4.69, 9.17) is 10.5 Å². The molecule has 0 aliphatic rings. The van der Waals surface area contributed by atoms with Crippen LogP contribution in [0.5, 0.6) is 5.75 Å². The van der Waals surface area contributed by atoms with Gasteiger partial charge in [0.2, 0.25) is 0 Å². The number of hydrogen-bond acceptors (Lipinski definition) is 2. The molecule has 0 fully saturated rings. The summed E-state index contributed by atoms with van der Waals surface area (Å²) in [5.41, 5.74) is 9.55. The van der Waals surface area contributed by atoms with Gasteiger partial charge in [-0.2, -0.15) is 0 Å². The molecule has 0 radical (unpaired) electrons. The first kappa shape index (κ1) is 15.0. The second-order valence-electron chi connectivity index (χ2n) is 4.81. The van der Waals surface area contributed by atoms with Gasteiger partial charge >= 0.3 is 0 Å². The van der Waals surface area contributed by atoms with Crippen LogP contribution in [0.3, 0.4) is 0 Å². The molecule has 1 unspecified atom stereocenters. The van der Waals surface area contributed by atoms with Gasteiger partial charge in [0.15, 0.2) is 0 Å². The molecule has 2 aromatic rings. The molecular weight excluding hydrogens is 321 g/mol. The minimum absolute atomic E-state index is 0.314. The summed E-state index contributed by atoms with van der Waals surface area (Å²) in [6, 6.07) is 8.53. The lowest BCUT2D eigenvalue weighted by Gasteiger charge is -2.17. The predicted octanol–water partition coefficient (Wildman–Crippen LogP) is 4.26. The van der Waals surface area contributed by atoms with Gasteiger partial charge in [-0.1, -0.05) is 24.3 Å². The molecule has 4 heteroatoms. The first-order chi connectivity index (χ1) is 9.45. The highest BCUT2D eigenvalue weighted by Gasteiger charge is 2.17. The number of rotatable bonds is 3. The Labute approximate surface area is 126 Å². The van der Waals surface area contributed by atoms with Gasteiger partial charge in [0.25, 0.3) is 0 Å². The Kier molecular flexibility index (Phi) is 4.45. The molecule has 0 saturated heterocycles. The third kappa shape index (κ3) is 2.72. The molecule has 20 heavy (non-hydrogen) atoms.